The molecule has 0 amide bonds. The van der Waals surface area contributed by atoms with E-state index >= 15 is 0 Å². The molecule has 0 radical (unpaired) electrons. The molecule has 31 heavy (non-hydrogen) atoms. The van der Waals surface area contributed by atoms with Gasteiger partial charge in [0.1, 0.15) is 6.71 Å². The van der Waals surface area contributed by atoms with Gasteiger partial charge in [0.2, 0.25) is 0 Å². The van der Waals surface area contributed by atoms with Gasteiger partial charge in [0.05, 0.1) is 6.71 Å². The minimum absolute atomic E-state index is 0. The van der Waals surface area contributed by atoms with E-state index < -0.39 is 0 Å². The van der Waals surface area contributed by atoms with Gasteiger partial charge in [-0.15, -0.1) is 0 Å². The van der Waals surface area contributed by atoms with Gasteiger partial charge in [0.15, 0.2) is 0 Å². The van der Waals surface area contributed by atoms with Gasteiger partial charge in [-0.05, 0) is 74.4 Å². The van der Waals surface area contributed by atoms with Crippen LogP contribution in [0.3, 0.4) is 0 Å². The molecule has 4 aliphatic rings. The van der Waals surface area contributed by atoms with E-state index in [-0.39, 0.29) is 21.1 Å². The first kappa shape index (κ1) is 26.3. The molecule has 4 aliphatic heterocycles. The van der Waals surface area contributed by atoms with Crippen LogP contribution in [0.4, 0.5) is 0 Å². The monoisotopic (exact) mass is 594 g/mol. The van der Waals surface area contributed by atoms with Crippen molar-refractivity contribution in [2.24, 2.45) is 29.6 Å². The number of nitrogens with zero attached hydrogens (tertiary/aromatic N) is 2. The largest absolute Gasteiger partial charge is 2.00 e. The van der Waals surface area contributed by atoms with Crippen LogP contribution >= 0.6 is 0 Å². The molecule has 4 fully saturated rings. The molecule has 4 rings (SSSR count). The minimum atomic E-state index is 0. The van der Waals surface area contributed by atoms with Crippen molar-refractivity contribution in [3.63, 3.8) is 0 Å². The summed E-state index contributed by atoms with van der Waals surface area (Å²) in [6.07, 6.45) is 6.73. The zero-order valence-electron chi connectivity index (χ0n) is 21.3. The fourth-order valence-corrected chi connectivity index (χ4v) is 8.10. The summed E-state index contributed by atoms with van der Waals surface area (Å²) in [5.41, 5.74) is 0. The summed E-state index contributed by atoms with van der Waals surface area (Å²) in [5.74, 6) is 5.53. The third-order valence-electron chi connectivity index (χ3n) is 11.1. The predicted octanol–water partition coefficient (Wildman–Crippen LogP) is 5.74. The zero-order chi connectivity index (χ0) is 21.7. The summed E-state index contributed by atoms with van der Waals surface area (Å²) in [7, 11) is 0. The van der Waals surface area contributed by atoms with E-state index in [1.54, 1.807) is 0 Å². The van der Waals surface area contributed by atoms with Gasteiger partial charge in [-0.2, -0.15) is 5.82 Å². The van der Waals surface area contributed by atoms with Gasteiger partial charge >= 0.3 is 21.1 Å². The summed E-state index contributed by atoms with van der Waals surface area (Å²) in [4.78, 5) is 5.83. The maximum absolute atomic E-state index is 4.50. The molecule has 0 aromatic heterocycles. The number of fused-ring (bicyclic) bond motifs is 3. The number of hydrogen-bond donors (Lipinski definition) is 0. The molecule has 10 atom stereocenters. The fraction of sp³-hybridized carbons (Fsp3) is 0.923. The molecule has 10 unspecified atom stereocenters. The van der Waals surface area contributed by atoms with Gasteiger partial charge in [-0.25, -0.2) is 6.32 Å². The normalized spacial score (nSPS) is 47.2. The molecule has 2 nitrogen and oxygen atoms in total. The Bertz CT molecular complexity index is 592. The van der Waals surface area contributed by atoms with Crippen LogP contribution in [0, 0.1) is 43.4 Å². The second-order valence-corrected chi connectivity index (χ2v) is 12.4. The maximum atomic E-state index is 4.50. The molecular formula is C26H48B2N2W. The van der Waals surface area contributed by atoms with Gasteiger partial charge in [-0.3, -0.25) is 4.90 Å². The average Bonchev–Trinajstić information content (AvgIpc) is 2.75. The topological polar surface area (TPSA) is 6.48 Å². The second-order valence-electron chi connectivity index (χ2n) is 12.4. The summed E-state index contributed by atoms with van der Waals surface area (Å²) in [6, 6.07) is 2.32. The zero-order valence-corrected chi connectivity index (χ0v) is 24.2. The molecule has 0 N–H and O–H groups in total. The van der Waals surface area contributed by atoms with Crippen molar-refractivity contribution in [3.8, 4) is 0 Å². The Kier molecular flexibility index (Phi) is 8.97. The summed E-state index contributed by atoms with van der Waals surface area (Å²) < 4.78 is 0. The summed E-state index contributed by atoms with van der Waals surface area (Å²) in [6.45, 7) is 29.6. The molecule has 4 saturated heterocycles. The van der Waals surface area contributed by atoms with E-state index in [1.165, 1.54) is 45.0 Å². The van der Waals surface area contributed by atoms with Crippen LogP contribution in [-0.4, -0.2) is 61.0 Å². The van der Waals surface area contributed by atoms with Crippen molar-refractivity contribution >= 4 is 13.4 Å². The first-order chi connectivity index (χ1) is 14.2. The molecule has 0 saturated carbocycles. The third kappa shape index (κ3) is 5.07. The fourth-order valence-electron chi connectivity index (χ4n) is 8.10. The van der Waals surface area contributed by atoms with Crippen LogP contribution in [0.25, 0.3) is 0 Å². The van der Waals surface area contributed by atoms with Crippen molar-refractivity contribution < 1.29 is 21.1 Å². The third-order valence-corrected chi connectivity index (χ3v) is 11.1. The molecular weight excluding hydrogens is 546 g/mol. The Morgan fingerprint density at radius 1 is 0.806 bits per heavy atom. The van der Waals surface area contributed by atoms with Gasteiger partial charge in [0.25, 0.3) is 0 Å². The number of hydrogen-bond acceptors (Lipinski definition) is 2. The summed E-state index contributed by atoms with van der Waals surface area (Å²) in [5, 5.41) is 0. The van der Waals surface area contributed by atoms with E-state index in [4.69, 9.17) is 0 Å². The van der Waals surface area contributed by atoms with Crippen molar-refractivity contribution in [1.29, 1.82) is 0 Å². The molecule has 4 heterocycles. The van der Waals surface area contributed by atoms with E-state index in [9.17, 15) is 0 Å². The Balaban J connectivity index is 0.00000272. The molecule has 0 spiro atoms. The van der Waals surface area contributed by atoms with Gasteiger partial charge in [-0.1, -0.05) is 53.6 Å². The van der Waals surface area contributed by atoms with Gasteiger partial charge < -0.3 is 18.7 Å². The molecule has 0 aromatic carbocycles. The summed E-state index contributed by atoms with van der Waals surface area (Å²) >= 11 is 0. The Morgan fingerprint density at radius 3 is 2.13 bits per heavy atom. The van der Waals surface area contributed by atoms with Crippen LogP contribution in [0.2, 0.25) is 36.9 Å². The molecule has 0 aromatic rings. The average molecular weight is 594 g/mol. The molecule has 5 heteroatoms. The second kappa shape index (κ2) is 10.6. The maximum Gasteiger partial charge on any atom is 2.00 e. The van der Waals surface area contributed by atoms with E-state index in [0.717, 1.165) is 67.2 Å². The van der Waals surface area contributed by atoms with E-state index in [0.29, 0.717) is 11.9 Å². The van der Waals surface area contributed by atoms with E-state index in [1.807, 2.05) is 0 Å². The van der Waals surface area contributed by atoms with Gasteiger partial charge in [0, 0.05) is 12.1 Å². The molecule has 0 bridgehead atoms. The SMILES string of the molecule is [CH2-]CB1CC2CB3CC4CC(C)C(C)C(C)C(C)C(C)C(C)N4CC3CN2CC1[CH2-].[W+2]. The quantitative estimate of drug-likeness (QED) is 0.283. The predicted molar refractivity (Wildman–Crippen MR) is 135 cm³/mol. The number of rotatable bonds is 1. The first-order valence-corrected chi connectivity index (χ1v) is 13.3. The Morgan fingerprint density at radius 2 is 1.45 bits per heavy atom. The van der Waals surface area contributed by atoms with Crippen LogP contribution in [0.5, 0.6) is 0 Å². The van der Waals surface area contributed by atoms with Crippen molar-refractivity contribution in [2.75, 3.05) is 19.6 Å². The standard InChI is InChI=1S/C26H48B2N2.W/c1-9-27-12-26-13-28-11-25-10-17(2)19(4)20(5)21(6)22(7)23(8)30(25)16-24(28)15-29(26)14-18(27)3;/h17-26H,1,3,9-16H2,2,4-8H3;/q-2;+2. The van der Waals surface area contributed by atoms with Crippen molar-refractivity contribution in [3.05, 3.63) is 13.8 Å². The Labute approximate surface area is 209 Å². The Hall–Kier alpha value is 0.738. The van der Waals surface area contributed by atoms with E-state index in [2.05, 4.69) is 65.2 Å². The van der Waals surface area contributed by atoms with Crippen molar-refractivity contribution in [2.45, 2.75) is 103 Å². The van der Waals surface area contributed by atoms with Crippen LogP contribution in [0.15, 0.2) is 0 Å². The minimum Gasteiger partial charge on any atom is -0.350 e. The molecule has 174 valence electrons. The van der Waals surface area contributed by atoms with Crippen molar-refractivity contribution in [1.82, 2.24) is 9.80 Å². The van der Waals surface area contributed by atoms with Crippen LogP contribution < -0.4 is 0 Å². The van der Waals surface area contributed by atoms with Crippen LogP contribution in [-0.2, 0) is 21.1 Å². The first-order valence-electron chi connectivity index (χ1n) is 13.3. The van der Waals surface area contributed by atoms with Crippen LogP contribution in [0.1, 0.15) is 48.0 Å². The molecule has 0 aliphatic carbocycles. The smallest absolute Gasteiger partial charge is 0.350 e.